The molecule has 2 aliphatic rings. The minimum atomic E-state index is -2.72. The lowest BCUT2D eigenvalue weighted by Crippen LogP contribution is -2.43. The third-order valence-electron chi connectivity index (χ3n) is 7.43. The summed E-state index contributed by atoms with van der Waals surface area (Å²) in [6.07, 6.45) is 0.267. The van der Waals surface area contributed by atoms with Crippen LogP contribution in [0.15, 0.2) is 49.2 Å². The largest absolute Gasteiger partial charge is 0.464 e. The molecule has 0 fully saturated rings. The Hall–Kier alpha value is -4.27. The average Bonchev–Trinajstić information content (AvgIpc) is 2.94. The summed E-state index contributed by atoms with van der Waals surface area (Å²) in [5.41, 5.74) is 6.94. The molecule has 0 unspecified atom stereocenters. The number of ether oxygens (including phenoxy) is 1. The molecule has 2 aliphatic heterocycles. The zero-order valence-corrected chi connectivity index (χ0v) is 22.4. The first-order chi connectivity index (χ1) is 18.6. The molecule has 0 radical (unpaired) electrons. The first-order valence-electron chi connectivity index (χ1n) is 12.7. The second-order valence-electron chi connectivity index (χ2n) is 10.0. The maximum atomic E-state index is 14.5. The second-order valence-corrected chi connectivity index (χ2v) is 10.0. The fourth-order valence-electron chi connectivity index (χ4n) is 5.36. The van der Waals surface area contributed by atoms with Crippen molar-refractivity contribution in [1.82, 2.24) is 9.88 Å². The summed E-state index contributed by atoms with van der Waals surface area (Å²) in [6.45, 7) is 7.07. The molecule has 1 aromatic heterocycles. The molecule has 3 heterocycles. The van der Waals surface area contributed by atoms with Crippen LogP contribution in [0.4, 0.5) is 30.6 Å². The molecule has 7 nitrogen and oxygen atoms in total. The molecule has 0 atom stereocenters. The van der Waals surface area contributed by atoms with Gasteiger partial charge < -0.3 is 14.5 Å². The number of esters is 1. The smallest absolute Gasteiger partial charge is 0.356 e. The van der Waals surface area contributed by atoms with E-state index >= 15 is 0 Å². The third-order valence-corrected chi connectivity index (χ3v) is 7.43. The standard InChI is InChI=1S/C30H30F2N4O3/c1-17(2)20-12-26-23(16-34(3)30(38)35(26)4)27(13-20)36-10-6-7-18-11-21(22(28(31)32)14-25(18)36)19-8-9-24(33-15-19)29(37)39-5/h8-9,11-15,28H,1,6-7,10,16H2,2-5H3. The number of allylic oxidation sites excluding steroid dienone is 1. The van der Waals surface area contributed by atoms with Gasteiger partial charge in [-0.1, -0.05) is 18.2 Å². The highest BCUT2D eigenvalue weighted by atomic mass is 19.3. The number of rotatable bonds is 5. The normalized spacial score (nSPS) is 14.8. The van der Waals surface area contributed by atoms with E-state index in [2.05, 4.69) is 16.5 Å². The van der Waals surface area contributed by atoms with Crippen molar-refractivity contribution in [2.24, 2.45) is 0 Å². The van der Waals surface area contributed by atoms with Gasteiger partial charge in [0.05, 0.1) is 19.3 Å². The molecule has 2 amide bonds. The Morgan fingerprint density at radius 2 is 1.85 bits per heavy atom. The van der Waals surface area contributed by atoms with E-state index in [-0.39, 0.29) is 17.3 Å². The van der Waals surface area contributed by atoms with Crippen molar-refractivity contribution in [3.63, 3.8) is 0 Å². The van der Waals surface area contributed by atoms with Gasteiger partial charge in [0.2, 0.25) is 0 Å². The fourth-order valence-corrected chi connectivity index (χ4v) is 5.36. The zero-order valence-electron chi connectivity index (χ0n) is 22.4. The van der Waals surface area contributed by atoms with Gasteiger partial charge in [-0.2, -0.15) is 0 Å². The number of nitrogens with zero attached hydrogens (tertiary/aromatic N) is 4. The van der Waals surface area contributed by atoms with Gasteiger partial charge in [0.25, 0.3) is 6.43 Å². The molecule has 202 valence electrons. The number of aromatic nitrogens is 1. The average molecular weight is 533 g/mol. The van der Waals surface area contributed by atoms with Crippen LogP contribution >= 0.6 is 0 Å². The summed E-state index contributed by atoms with van der Waals surface area (Å²) in [5.74, 6) is -0.588. The minimum Gasteiger partial charge on any atom is -0.464 e. The van der Waals surface area contributed by atoms with Gasteiger partial charge in [-0.05, 0) is 66.8 Å². The van der Waals surface area contributed by atoms with Gasteiger partial charge in [0.15, 0.2) is 0 Å². The van der Waals surface area contributed by atoms with Crippen LogP contribution in [0.3, 0.4) is 0 Å². The molecule has 9 heteroatoms. The number of methoxy groups -OCH3 is 1. The highest BCUT2D eigenvalue weighted by Crippen LogP contribution is 2.45. The molecule has 0 N–H and O–H groups in total. The van der Waals surface area contributed by atoms with Gasteiger partial charge in [-0.3, -0.25) is 4.90 Å². The van der Waals surface area contributed by atoms with Gasteiger partial charge in [0.1, 0.15) is 5.69 Å². The van der Waals surface area contributed by atoms with Crippen molar-refractivity contribution in [1.29, 1.82) is 0 Å². The topological polar surface area (TPSA) is 66.0 Å². The number of amides is 2. The monoisotopic (exact) mass is 532 g/mol. The van der Waals surface area contributed by atoms with Crippen LogP contribution in [0.5, 0.6) is 0 Å². The predicted molar refractivity (Wildman–Crippen MR) is 148 cm³/mol. The Kier molecular flexibility index (Phi) is 6.84. The van der Waals surface area contributed by atoms with Gasteiger partial charge in [0, 0.05) is 54.9 Å². The van der Waals surface area contributed by atoms with Gasteiger partial charge >= 0.3 is 12.0 Å². The number of fused-ring (bicyclic) bond motifs is 2. The summed E-state index contributed by atoms with van der Waals surface area (Å²) >= 11 is 0. The molecule has 0 saturated heterocycles. The Bertz CT molecular complexity index is 1490. The quantitative estimate of drug-likeness (QED) is 0.347. The van der Waals surface area contributed by atoms with E-state index in [0.29, 0.717) is 24.2 Å². The van der Waals surface area contributed by atoms with Crippen molar-refractivity contribution in [2.45, 2.75) is 32.7 Å². The van der Waals surface area contributed by atoms with Crippen LogP contribution in [0, 0.1) is 0 Å². The van der Waals surface area contributed by atoms with Crippen LogP contribution in [0.2, 0.25) is 0 Å². The Morgan fingerprint density at radius 1 is 1.10 bits per heavy atom. The predicted octanol–water partition coefficient (Wildman–Crippen LogP) is 6.59. The van der Waals surface area contributed by atoms with E-state index in [9.17, 15) is 18.4 Å². The van der Waals surface area contributed by atoms with Crippen molar-refractivity contribution >= 4 is 34.6 Å². The number of benzene rings is 2. The lowest BCUT2D eigenvalue weighted by molar-refractivity contribution is 0.0594. The Morgan fingerprint density at radius 3 is 2.49 bits per heavy atom. The first-order valence-corrected chi connectivity index (χ1v) is 12.7. The maximum Gasteiger partial charge on any atom is 0.356 e. The molecule has 3 aromatic rings. The molecule has 0 saturated carbocycles. The number of anilines is 3. The maximum absolute atomic E-state index is 14.5. The van der Waals surface area contributed by atoms with Gasteiger partial charge in [-0.15, -0.1) is 0 Å². The molecular weight excluding hydrogens is 502 g/mol. The molecule has 2 aromatic carbocycles. The SMILES string of the molecule is C=C(C)c1cc2c(c(N3CCCc4cc(-c5ccc(C(=O)OC)nc5)c(C(F)F)cc43)c1)CN(C)C(=O)N2C. The summed E-state index contributed by atoms with van der Waals surface area (Å²) < 4.78 is 33.7. The number of urea groups is 1. The number of hydrogen-bond acceptors (Lipinski definition) is 5. The summed E-state index contributed by atoms with van der Waals surface area (Å²) in [4.78, 5) is 34.0. The third kappa shape index (κ3) is 4.62. The number of alkyl halides is 2. The highest BCUT2D eigenvalue weighted by molar-refractivity contribution is 5.97. The first kappa shape index (κ1) is 26.3. The van der Waals surface area contributed by atoms with E-state index in [1.54, 1.807) is 36.0 Å². The molecule has 39 heavy (non-hydrogen) atoms. The number of carbonyl (C=O) groups is 2. The van der Waals surface area contributed by atoms with Crippen molar-refractivity contribution < 1.29 is 23.1 Å². The number of halogens is 2. The van der Waals surface area contributed by atoms with E-state index in [4.69, 9.17) is 4.74 Å². The molecule has 5 rings (SSSR count). The summed E-state index contributed by atoms with van der Waals surface area (Å²) in [5, 5.41) is 0. The van der Waals surface area contributed by atoms with Crippen LogP contribution in [0.25, 0.3) is 16.7 Å². The molecule has 0 aliphatic carbocycles. The Labute approximate surface area is 226 Å². The number of carbonyl (C=O) groups excluding carboxylic acids is 2. The molecular formula is C30H30F2N4O3. The minimum absolute atomic E-state index is 0.109. The van der Waals surface area contributed by atoms with E-state index in [1.807, 2.05) is 25.1 Å². The van der Waals surface area contributed by atoms with Crippen LogP contribution in [0.1, 0.15) is 52.5 Å². The number of aryl methyl sites for hydroxylation is 1. The van der Waals surface area contributed by atoms with E-state index in [1.165, 1.54) is 19.4 Å². The van der Waals surface area contributed by atoms with Crippen molar-refractivity contribution in [3.05, 3.63) is 77.1 Å². The lowest BCUT2D eigenvalue weighted by Gasteiger charge is -2.39. The zero-order chi connectivity index (χ0) is 28.0. The van der Waals surface area contributed by atoms with E-state index < -0.39 is 12.4 Å². The molecule has 0 bridgehead atoms. The van der Waals surface area contributed by atoms with Crippen LogP contribution in [-0.2, 0) is 17.7 Å². The second kappa shape index (κ2) is 10.1. The van der Waals surface area contributed by atoms with Crippen molar-refractivity contribution in [2.75, 3.05) is 37.5 Å². The lowest BCUT2D eigenvalue weighted by atomic mass is 9.91. The number of pyridine rings is 1. The van der Waals surface area contributed by atoms with Gasteiger partial charge in [-0.25, -0.2) is 23.4 Å². The summed E-state index contributed by atoms with van der Waals surface area (Å²) in [6, 6.07) is 10.4. The Balaban J connectivity index is 1.66. The van der Waals surface area contributed by atoms with Crippen molar-refractivity contribution in [3.8, 4) is 11.1 Å². The molecule has 0 spiro atoms. The number of hydrogen-bond donors (Lipinski definition) is 0. The summed E-state index contributed by atoms with van der Waals surface area (Å²) in [7, 11) is 4.76. The van der Waals surface area contributed by atoms with Crippen LogP contribution in [-0.4, -0.2) is 49.6 Å². The fraction of sp³-hybridized carbons (Fsp3) is 0.300. The highest BCUT2D eigenvalue weighted by Gasteiger charge is 2.32. The van der Waals surface area contributed by atoms with Crippen LogP contribution < -0.4 is 9.80 Å². The van der Waals surface area contributed by atoms with E-state index in [0.717, 1.165) is 52.2 Å².